The summed E-state index contributed by atoms with van der Waals surface area (Å²) in [5.41, 5.74) is -7.13. The first-order chi connectivity index (χ1) is 47.2. The Morgan fingerprint density at radius 3 is 1.62 bits per heavy atom. The van der Waals surface area contributed by atoms with Gasteiger partial charge in [-0.25, -0.2) is 13.2 Å². The largest absolute Gasteiger partial charge is 0.489 e. The summed E-state index contributed by atoms with van der Waals surface area (Å²) in [6.07, 6.45) is -30.3. The minimum absolute atomic E-state index is 0.0232. The average Bonchev–Trinajstić information content (AvgIpc) is 0.741. The van der Waals surface area contributed by atoms with E-state index in [1.807, 2.05) is 74.5 Å². The summed E-state index contributed by atoms with van der Waals surface area (Å²) < 4.78 is 275. The molecule has 2 aliphatic heterocycles. The first kappa shape index (κ1) is 72.7. The first-order valence-electron chi connectivity index (χ1n) is 31.7. The Morgan fingerprint density at radius 2 is 1.08 bits per heavy atom. The lowest BCUT2D eigenvalue weighted by Gasteiger charge is -2.47. The van der Waals surface area contributed by atoms with Crippen LogP contribution in [-0.4, -0.2) is 44.0 Å². The van der Waals surface area contributed by atoms with Crippen molar-refractivity contribution in [3.8, 4) is 17.2 Å². The highest BCUT2D eigenvalue weighted by atomic mass is 32.2. The van der Waals surface area contributed by atoms with E-state index < -0.39 is 115 Å². The number of hydrogen-bond donors (Lipinski definition) is 0. The van der Waals surface area contributed by atoms with Crippen LogP contribution in [0.4, 0.5) is 65.9 Å². The lowest BCUT2D eigenvalue weighted by molar-refractivity contribution is -0.146. The summed E-state index contributed by atoms with van der Waals surface area (Å²) in [5.74, 6) is 0.277. The lowest BCUT2D eigenvalue weighted by atomic mass is 9.12. The molecule has 9 aromatic carbocycles. The van der Waals surface area contributed by atoms with E-state index in [1.54, 1.807) is 44.2 Å². The Bertz CT molecular complexity index is 4840. The molecule has 1 saturated heterocycles. The number of halogens is 15. The van der Waals surface area contributed by atoms with Gasteiger partial charge in [-0.05, 0) is 171 Å². The zero-order valence-electron chi connectivity index (χ0n) is 54.8. The fourth-order valence-electron chi connectivity index (χ4n) is 13.7. The van der Waals surface area contributed by atoms with Crippen LogP contribution in [0.5, 0.6) is 17.2 Å². The van der Waals surface area contributed by atoms with E-state index in [4.69, 9.17) is 14.2 Å². The number of sulfonamides is 1. The summed E-state index contributed by atoms with van der Waals surface area (Å²) in [4.78, 5) is 12.4. The van der Waals surface area contributed by atoms with Gasteiger partial charge >= 0.3 is 36.9 Å². The number of fused-ring (bicyclic) bond motifs is 2. The van der Waals surface area contributed by atoms with Gasteiger partial charge in [-0.1, -0.05) is 127 Å². The number of ether oxygens (including phenoxy) is 3. The second kappa shape index (κ2) is 27.1. The van der Waals surface area contributed by atoms with Crippen molar-refractivity contribution in [1.29, 1.82) is 0 Å². The third-order valence-electron chi connectivity index (χ3n) is 18.6. The van der Waals surface area contributed by atoms with Gasteiger partial charge in [0.1, 0.15) is 36.1 Å². The molecular weight excluding hydrogens is 1360 g/mol. The van der Waals surface area contributed by atoms with E-state index in [9.17, 15) is 26.4 Å². The molecule has 9 aromatic rings. The molecule has 0 spiro atoms. The summed E-state index contributed by atoms with van der Waals surface area (Å²) in [7, 11) is -4.20. The highest BCUT2D eigenvalue weighted by molar-refractivity contribution is 7.89. The van der Waals surface area contributed by atoms with Gasteiger partial charge in [0.25, 0.3) is 0 Å². The number of esters is 1. The lowest BCUT2D eigenvalue weighted by Crippen LogP contribution is -2.76. The number of benzene rings is 9. The number of alkyl halides is 15. The van der Waals surface area contributed by atoms with Crippen LogP contribution in [0.25, 0.3) is 11.6 Å². The van der Waals surface area contributed by atoms with Crippen molar-refractivity contribution in [2.45, 2.75) is 109 Å². The van der Waals surface area contributed by atoms with Gasteiger partial charge in [-0.15, -0.1) is 0 Å². The minimum atomic E-state index is -5.68. The SMILES string of the molecule is C=C(C)C(=O)OC1CCN(S(=O)(=O)c2ccccc2C2=c3cc/c(=C\c4c(C)cccc4C)cc3Oc3cc(Cc4c(C)cc(OCc5ccccc5[B-](c5cc(C)cc(C(F)(F)F)c5)(c5cc(C(F)(F)F)cc(C(F)(F)F)c5)c5cc(C(F)(F)F)cc(C(F)(F)F)c5)cc4C)ccc32)CC1. The van der Waals surface area contributed by atoms with E-state index in [1.165, 1.54) is 29.4 Å². The molecular formula is C77H62BF15NO6S-. The van der Waals surface area contributed by atoms with Crippen LogP contribution in [0, 0.1) is 34.6 Å². The number of nitrogens with zero attached hydrogens (tertiary/aromatic N) is 1. The second-order valence-electron chi connectivity index (χ2n) is 25.7. The molecule has 0 bridgehead atoms. The molecule has 0 radical (unpaired) electrons. The molecule has 24 heteroatoms. The molecule has 0 atom stereocenters. The smallest absolute Gasteiger partial charge is 0.416 e. The Kier molecular flexibility index (Phi) is 19.5. The van der Waals surface area contributed by atoms with Crippen LogP contribution in [0.3, 0.4) is 0 Å². The quantitative estimate of drug-likeness (QED) is 0.0440. The normalized spacial score (nSPS) is 14.5. The van der Waals surface area contributed by atoms with Gasteiger partial charge in [0.2, 0.25) is 10.0 Å². The van der Waals surface area contributed by atoms with Crippen LogP contribution in [-0.2, 0) is 63.5 Å². The van der Waals surface area contributed by atoms with Gasteiger partial charge in [0, 0.05) is 40.6 Å². The molecule has 0 amide bonds. The molecule has 101 heavy (non-hydrogen) atoms. The molecule has 0 aromatic heterocycles. The minimum Gasteiger partial charge on any atom is -0.489 e. The molecule has 0 unspecified atom stereocenters. The van der Waals surface area contributed by atoms with Gasteiger partial charge < -0.3 is 14.2 Å². The topological polar surface area (TPSA) is 82.1 Å². The van der Waals surface area contributed by atoms with Crippen molar-refractivity contribution in [3.63, 3.8) is 0 Å². The monoisotopic (exact) mass is 1420 g/mol. The van der Waals surface area contributed by atoms with Crippen LogP contribution in [0.15, 0.2) is 187 Å². The fraction of sp³-hybridized carbons (Fsp3) is 0.234. The molecule has 7 nitrogen and oxygen atoms in total. The van der Waals surface area contributed by atoms with Gasteiger partial charge in [0.15, 0.2) is 0 Å². The zero-order chi connectivity index (χ0) is 73.3. The summed E-state index contributed by atoms with van der Waals surface area (Å²) in [6, 6.07) is 32.9. The maximum Gasteiger partial charge on any atom is 0.416 e. The maximum absolute atomic E-state index is 15.0. The number of carbonyl (C=O) groups excluding carboxylic acids is 1. The average molecular weight is 1430 g/mol. The molecule has 0 N–H and O–H groups in total. The van der Waals surface area contributed by atoms with Gasteiger partial charge in [-0.3, -0.25) is 0 Å². The third kappa shape index (κ3) is 15.0. The number of piperidine rings is 1. The van der Waals surface area contributed by atoms with Crippen molar-refractivity contribution in [2.24, 2.45) is 0 Å². The van der Waals surface area contributed by atoms with Crippen LogP contribution >= 0.6 is 0 Å². The second-order valence-corrected chi connectivity index (χ2v) is 27.6. The van der Waals surface area contributed by atoms with Crippen molar-refractivity contribution in [1.82, 2.24) is 4.31 Å². The highest BCUT2D eigenvalue weighted by Gasteiger charge is 2.45. The standard InChI is InChI=1S/C77H62BF15NO6S/c1-43(2)72(95)99-60-23-25-94(26-24-60)101(96,97)70-18-11-9-16-64(70)71-62-21-19-49(31-65-45(4)13-12-14-46(65)5)33-68(62)100-69-34-50(20-22-63(69)71)32-66-47(6)29-61(30-48(66)7)98-42-51-15-8-10-17-67(51)78(57-28-44(3)27-52(37-57)73(79,80)81,58-38-53(74(82,83)84)35-54(39-58)75(85,86)87)59-40-55(76(88,89)90)36-56(41-59)77(91,92)93/h8-22,27-31,33-41,60H,1,23-26,32,42H2,2-7H3/q-1/b49-31+. The molecule has 2 heterocycles. The van der Waals surface area contributed by atoms with Crippen molar-refractivity contribution in [3.05, 3.63) is 281 Å². The van der Waals surface area contributed by atoms with E-state index in [-0.39, 0.29) is 96.1 Å². The predicted octanol–water partition coefficient (Wildman–Crippen LogP) is 16.3. The summed E-state index contributed by atoms with van der Waals surface area (Å²) >= 11 is 0. The fourth-order valence-corrected chi connectivity index (χ4v) is 15.4. The maximum atomic E-state index is 15.0. The van der Waals surface area contributed by atoms with E-state index in [0.717, 1.165) is 52.6 Å². The molecule has 0 aliphatic carbocycles. The Labute approximate surface area is 571 Å². The predicted molar refractivity (Wildman–Crippen MR) is 355 cm³/mol. The number of aryl methyl sites for hydroxylation is 5. The zero-order valence-corrected chi connectivity index (χ0v) is 55.6. The van der Waals surface area contributed by atoms with Crippen LogP contribution in [0.1, 0.15) is 109 Å². The van der Waals surface area contributed by atoms with E-state index >= 15 is 52.7 Å². The van der Waals surface area contributed by atoms with Gasteiger partial charge in [0.05, 0.1) is 32.7 Å². The molecule has 1 fully saturated rings. The Morgan fingerprint density at radius 1 is 0.564 bits per heavy atom. The summed E-state index contributed by atoms with van der Waals surface area (Å²) in [6.45, 7) is 13.0. The number of rotatable bonds is 15. The van der Waals surface area contributed by atoms with Crippen LogP contribution < -0.4 is 41.8 Å². The molecule has 0 saturated carbocycles. The summed E-state index contributed by atoms with van der Waals surface area (Å²) in [5, 5.41) is 1.38. The molecule has 526 valence electrons. The number of hydrogen-bond acceptors (Lipinski definition) is 6. The first-order valence-corrected chi connectivity index (χ1v) is 33.1. The van der Waals surface area contributed by atoms with Gasteiger partial charge in [-0.2, -0.15) is 92.0 Å². The van der Waals surface area contributed by atoms with Crippen molar-refractivity contribution < 1.29 is 93.3 Å². The number of carbonyl (C=O) groups is 1. The highest BCUT2D eigenvalue weighted by Crippen LogP contribution is 2.43. The Balaban J connectivity index is 1.00. The van der Waals surface area contributed by atoms with Crippen molar-refractivity contribution in [2.75, 3.05) is 13.1 Å². The Hall–Kier alpha value is -9.55. The van der Waals surface area contributed by atoms with E-state index in [2.05, 4.69) is 6.58 Å². The molecule has 2 aliphatic rings. The van der Waals surface area contributed by atoms with Crippen LogP contribution in [0.2, 0.25) is 0 Å². The van der Waals surface area contributed by atoms with Crippen molar-refractivity contribution >= 4 is 55.6 Å². The molecule has 11 rings (SSSR count). The third-order valence-corrected chi connectivity index (χ3v) is 20.5. The van der Waals surface area contributed by atoms with E-state index in [0.29, 0.717) is 62.2 Å².